The molecule has 0 saturated carbocycles. The average Bonchev–Trinajstić information content (AvgIpc) is 2.30. The van der Waals surface area contributed by atoms with Gasteiger partial charge in [-0.25, -0.2) is 0 Å². The van der Waals surface area contributed by atoms with E-state index in [1.807, 2.05) is 0 Å². The van der Waals surface area contributed by atoms with Gasteiger partial charge in [0, 0.05) is 6.04 Å². The van der Waals surface area contributed by atoms with Gasteiger partial charge in [0.05, 0.1) is 0 Å². The maximum atomic E-state index is 3.40. The fourth-order valence-electron chi connectivity index (χ4n) is 2.15. The SMILES string of the molecule is CNC(CCCCc1ccccc1)C(C)C. The third-order valence-corrected chi connectivity index (χ3v) is 3.25. The Morgan fingerprint density at radius 1 is 1.06 bits per heavy atom. The van der Waals surface area contributed by atoms with Gasteiger partial charge >= 0.3 is 0 Å². The highest BCUT2D eigenvalue weighted by atomic mass is 14.9. The van der Waals surface area contributed by atoms with Gasteiger partial charge in [0.15, 0.2) is 0 Å². The first-order valence-corrected chi connectivity index (χ1v) is 6.45. The lowest BCUT2D eigenvalue weighted by atomic mass is 9.97. The maximum absolute atomic E-state index is 3.40. The molecule has 1 atom stereocenters. The molecule has 0 aliphatic rings. The molecule has 0 spiro atoms. The van der Waals surface area contributed by atoms with Crippen LogP contribution in [-0.4, -0.2) is 13.1 Å². The van der Waals surface area contributed by atoms with Crippen molar-refractivity contribution in [2.75, 3.05) is 7.05 Å². The van der Waals surface area contributed by atoms with E-state index in [0.29, 0.717) is 6.04 Å². The monoisotopic (exact) mass is 219 g/mol. The van der Waals surface area contributed by atoms with Crippen LogP contribution in [-0.2, 0) is 6.42 Å². The molecule has 16 heavy (non-hydrogen) atoms. The summed E-state index contributed by atoms with van der Waals surface area (Å²) < 4.78 is 0. The van der Waals surface area contributed by atoms with Crippen molar-refractivity contribution in [1.82, 2.24) is 5.32 Å². The fourth-order valence-corrected chi connectivity index (χ4v) is 2.15. The van der Waals surface area contributed by atoms with E-state index in [0.717, 1.165) is 5.92 Å². The van der Waals surface area contributed by atoms with Gasteiger partial charge in [-0.05, 0) is 37.8 Å². The third kappa shape index (κ3) is 4.80. The fraction of sp³-hybridized carbons (Fsp3) is 0.600. The number of hydrogen-bond acceptors (Lipinski definition) is 1. The van der Waals surface area contributed by atoms with Gasteiger partial charge in [0.1, 0.15) is 0 Å². The van der Waals surface area contributed by atoms with E-state index < -0.39 is 0 Å². The van der Waals surface area contributed by atoms with Crippen LogP contribution < -0.4 is 5.32 Å². The van der Waals surface area contributed by atoms with Crippen LogP contribution in [0.15, 0.2) is 30.3 Å². The Kier molecular flexibility index (Phi) is 6.17. The molecular formula is C15H25N. The standard InChI is InChI=1S/C15H25N/c1-13(2)15(16-3)12-8-7-11-14-9-5-4-6-10-14/h4-6,9-10,13,15-16H,7-8,11-12H2,1-3H3. The summed E-state index contributed by atoms with van der Waals surface area (Å²) in [5, 5.41) is 3.40. The van der Waals surface area contributed by atoms with Crippen LogP contribution >= 0.6 is 0 Å². The van der Waals surface area contributed by atoms with Crippen molar-refractivity contribution in [3.8, 4) is 0 Å². The second kappa shape index (κ2) is 7.45. The summed E-state index contributed by atoms with van der Waals surface area (Å²) in [6.07, 6.45) is 5.13. The first kappa shape index (κ1) is 13.2. The molecule has 1 aromatic carbocycles. The van der Waals surface area contributed by atoms with E-state index in [1.54, 1.807) is 0 Å². The predicted molar refractivity (Wildman–Crippen MR) is 71.7 cm³/mol. The molecule has 1 unspecified atom stereocenters. The van der Waals surface area contributed by atoms with E-state index in [2.05, 4.69) is 56.5 Å². The van der Waals surface area contributed by atoms with E-state index in [9.17, 15) is 0 Å². The summed E-state index contributed by atoms with van der Waals surface area (Å²) in [6, 6.07) is 11.4. The topological polar surface area (TPSA) is 12.0 Å². The zero-order valence-corrected chi connectivity index (χ0v) is 10.9. The molecule has 90 valence electrons. The minimum atomic E-state index is 0.677. The minimum absolute atomic E-state index is 0.677. The second-order valence-corrected chi connectivity index (χ2v) is 4.87. The molecule has 1 heteroatoms. The van der Waals surface area contributed by atoms with Crippen molar-refractivity contribution in [2.24, 2.45) is 5.92 Å². The molecule has 0 radical (unpaired) electrons. The van der Waals surface area contributed by atoms with Crippen molar-refractivity contribution in [1.29, 1.82) is 0 Å². The molecule has 0 fully saturated rings. The molecule has 0 amide bonds. The van der Waals surface area contributed by atoms with Gasteiger partial charge in [-0.2, -0.15) is 0 Å². The molecule has 1 aromatic rings. The van der Waals surface area contributed by atoms with Gasteiger partial charge in [-0.15, -0.1) is 0 Å². The van der Waals surface area contributed by atoms with Gasteiger partial charge in [0.2, 0.25) is 0 Å². The Bertz CT molecular complexity index is 266. The van der Waals surface area contributed by atoms with Crippen LogP contribution in [0.4, 0.5) is 0 Å². The number of aryl methyl sites for hydroxylation is 1. The van der Waals surface area contributed by atoms with Crippen LogP contribution in [0, 0.1) is 5.92 Å². The summed E-state index contributed by atoms with van der Waals surface area (Å²) in [5.41, 5.74) is 1.47. The van der Waals surface area contributed by atoms with Gasteiger partial charge in [-0.1, -0.05) is 50.6 Å². The Labute approximate surface area is 100 Å². The Morgan fingerprint density at radius 3 is 2.31 bits per heavy atom. The zero-order valence-electron chi connectivity index (χ0n) is 10.9. The lowest BCUT2D eigenvalue weighted by molar-refractivity contribution is 0.389. The first-order chi connectivity index (χ1) is 7.74. The molecule has 1 N–H and O–H groups in total. The van der Waals surface area contributed by atoms with Crippen LogP contribution in [0.5, 0.6) is 0 Å². The molecule has 0 heterocycles. The average molecular weight is 219 g/mol. The Morgan fingerprint density at radius 2 is 1.75 bits per heavy atom. The van der Waals surface area contributed by atoms with Crippen molar-refractivity contribution in [3.05, 3.63) is 35.9 Å². The number of benzene rings is 1. The van der Waals surface area contributed by atoms with E-state index in [1.165, 1.54) is 31.2 Å². The van der Waals surface area contributed by atoms with Crippen LogP contribution in [0.2, 0.25) is 0 Å². The summed E-state index contributed by atoms with van der Waals surface area (Å²) in [6.45, 7) is 4.58. The normalized spacial score (nSPS) is 13.0. The minimum Gasteiger partial charge on any atom is -0.317 e. The van der Waals surface area contributed by atoms with Crippen LogP contribution in [0.3, 0.4) is 0 Å². The highest BCUT2D eigenvalue weighted by Crippen LogP contribution is 2.12. The van der Waals surface area contributed by atoms with E-state index >= 15 is 0 Å². The number of unbranched alkanes of at least 4 members (excludes halogenated alkanes) is 1. The summed E-state index contributed by atoms with van der Waals surface area (Å²) in [5.74, 6) is 0.738. The number of rotatable bonds is 7. The second-order valence-electron chi connectivity index (χ2n) is 4.87. The maximum Gasteiger partial charge on any atom is 0.00870 e. The largest absolute Gasteiger partial charge is 0.317 e. The van der Waals surface area contributed by atoms with E-state index in [4.69, 9.17) is 0 Å². The number of hydrogen-bond donors (Lipinski definition) is 1. The smallest absolute Gasteiger partial charge is 0.00870 e. The molecule has 1 rings (SSSR count). The molecule has 0 aliphatic heterocycles. The van der Waals surface area contributed by atoms with Crippen LogP contribution in [0.1, 0.15) is 38.7 Å². The molecule has 1 nitrogen and oxygen atoms in total. The Balaban J connectivity index is 2.16. The van der Waals surface area contributed by atoms with Crippen molar-refractivity contribution < 1.29 is 0 Å². The molecular weight excluding hydrogens is 194 g/mol. The van der Waals surface area contributed by atoms with Gasteiger partial charge in [-0.3, -0.25) is 0 Å². The van der Waals surface area contributed by atoms with Crippen LogP contribution in [0.25, 0.3) is 0 Å². The lowest BCUT2D eigenvalue weighted by Crippen LogP contribution is -2.30. The summed E-state index contributed by atoms with van der Waals surface area (Å²) in [4.78, 5) is 0. The summed E-state index contributed by atoms with van der Waals surface area (Å²) in [7, 11) is 2.07. The number of nitrogens with one attached hydrogen (secondary N) is 1. The van der Waals surface area contributed by atoms with Crippen molar-refractivity contribution in [2.45, 2.75) is 45.6 Å². The van der Waals surface area contributed by atoms with Crippen molar-refractivity contribution >= 4 is 0 Å². The first-order valence-electron chi connectivity index (χ1n) is 6.45. The molecule has 0 saturated heterocycles. The molecule has 0 aromatic heterocycles. The van der Waals surface area contributed by atoms with Gasteiger partial charge in [0.25, 0.3) is 0 Å². The zero-order chi connectivity index (χ0) is 11.8. The lowest BCUT2D eigenvalue weighted by Gasteiger charge is -2.19. The third-order valence-electron chi connectivity index (χ3n) is 3.25. The molecule has 0 aliphatic carbocycles. The van der Waals surface area contributed by atoms with Gasteiger partial charge < -0.3 is 5.32 Å². The van der Waals surface area contributed by atoms with Crippen molar-refractivity contribution in [3.63, 3.8) is 0 Å². The Hall–Kier alpha value is -0.820. The molecule has 0 bridgehead atoms. The summed E-state index contributed by atoms with van der Waals surface area (Å²) >= 11 is 0. The highest BCUT2D eigenvalue weighted by Gasteiger charge is 2.09. The quantitative estimate of drug-likeness (QED) is 0.690. The highest BCUT2D eigenvalue weighted by molar-refractivity contribution is 5.14. The predicted octanol–water partition coefficient (Wildman–Crippen LogP) is 3.64. The van der Waals surface area contributed by atoms with E-state index in [-0.39, 0.29) is 0 Å².